The number of rotatable bonds is 11. The van der Waals surface area contributed by atoms with Gasteiger partial charge in [-0.3, -0.25) is 19.5 Å². The summed E-state index contributed by atoms with van der Waals surface area (Å²) in [5.74, 6) is -0.518. The third-order valence-electron chi connectivity index (χ3n) is 6.40. The van der Waals surface area contributed by atoms with Gasteiger partial charge in [-0.1, -0.05) is 85.3 Å². The molecule has 2 aromatic heterocycles. The van der Waals surface area contributed by atoms with Gasteiger partial charge in [-0.05, 0) is 41.8 Å². The Morgan fingerprint density at radius 2 is 1.82 bits per heavy atom. The van der Waals surface area contributed by atoms with E-state index in [-0.39, 0.29) is 16.5 Å². The molecule has 4 aromatic rings. The third kappa shape index (κ3) is 6.08. The lowest BCUT2D eigenvalue weighted by Gasteiger charge is -2.23. The molecule has 1 N–H and O–H groups in total. The number of aromatic nitrogens is 3. The van der Waals surface area contributed by atoms with Crippen LogP contribution in [-0.4, -0.2) is 38.6 Å². The second-order valence-corrected chi connectivity index (χ2v) is 11.3. The van der Waals surface area contributed by atoms with E-state index in [0.717, 1.165) is 24.8 Å². The Morgan fingerprint density at radius 1 is 1.02 bits per heavy atom. The number of anilines is 1. The average Bonchev–Trinajstić information content (AvgIpc) is 3.57. The number of unbranched alkanes of at least 4 members (excludes halogenated alkanes) is 2. The summed E-state index contributed by atoms with van der Waals surface area (Å²) in [5, 5.41) is 20.1. The van der Waals surface area contributed by atoms with Crippen LogP contribution in [-0.2, 0) is 15.3 Å². The second kappa shape index (κ2) is 12.9. The Hall–Kier alpha value is -4.02. The summed E-state index contributed by atoms with van der Waals surface area (Å²) in [7, 11) is 0. The van der Waals surface area contributed by atoms with E-state index in [1.807, 2.05) is 48.5 Å². The maximum absolute atomic E-state index is 13.5. The van der Waals surface area contributed by atoms with E-state index in [2.05, 4.69) is 22.1 Å². The van der Waals surface area contributed by atoms with Crippen LogP contribution in [0.5, 0.6) is 5.75 Å². The molecular formula is C30H28N4O4S2. The third-order valence-corrected chi connectivity index (χ3v) is 8.52. The van der Waals surface area contributed by atoms with Crippen LogP contribution >= 0.6 is 23.1 Å². The van der Waals surface area contributed by atoms with E-state index in [9.17, 15) is 14.7 Å². The van der Waals surface area contributed by atoms with Gasteiger partial charge in [0.1, 0.15) is 11.5 Å². The Labute approximate surface area is 240 Å². The normalized spacial score (nSPS) is 16.4. The summed E-state index contributed by atoms with van der Waals surface area (Å²) >= 11 is 2.74. The van der Waals surface area contributed by atoms with Crippen LogP contribution < -0.4 is 9.64 Å². The molecule has 0 spiro atoms. The fraction of sp³-hybridized carbons (Fsp3) is 0.233. The van der Waals surface area contributed by atoms with Crippen LogP contribution in [0.4, 0.5) is 5.13 Å². The van der Waals surface area contributed by atoms with Gasteiger partial charge in [-0.25, -0.2) is 0 Å². The quantitative estimate of drug-likeness (QED) is 0.0548. The van der Waals surface area contributed by atoms with Crippen molar-refractivity contribution in [3.05, 3.63) is 101 Å². The zero-order valence-electron chi connectivity index (χ0n) is 21.9. The molecule has 0 aliphatic carbocycles. The Morgan fingerprint density at radius 3 is 2.60 bits per heavy atom. The van der Waals surface area contributed by atoms with Crippen molar-refractivity contribution in [3.63, 3.8) is 0 Å². The highest BCUT2D eigenvalue weighted by Crippen LogP contribution is 2.44. The largest absolute Gasteiger partial charge is 0.507 e. The number of ketones is 1. The van der Waals surface area contributed by atoms with Crippen molar-refractivity contribution in [1.29, 1.82) is 0 Å². The highest BCUT2D eigenvalue weighted by molar-refractivity contribution is 8.00. The SMILES string of the molecule is CCCCCOc1cccc(C2C(=C(O)c3ccncc3)C(=O)C(=O)N2c2nnc(SCc3ccccc3)s2)c1. The van der Waals surface area contributed by atoms with Gasteiger partial charge in [0.15, 0.2) is 4.34 Å². The van der Waals surface area contributed by atoms with Crippen molar-refractivity contribution in [2.45, 2.75) is 42.3 Å². The molecule has 0 radical (unpaired) electrons. The van der Waals surface area contributed by atoms with Gasteiger partial charge in [0.2, 0.25) is 5.13 Å². The number of thioether (sulfide) groups is 1. The number of aliphatic hydroxyl groups is 1. The first kappa shape index (κ1) is 27.5. The molecule has 2 aromatic carbocycles. The van der Waals surface area contributed by atoms with Crippen molar-refractivity contribution < 1.29 is 19.4 Å². The van der Waals surface area contributed by atoms with Gasteiger partial charge >= 0.3 is 5.91 Å². The van der Waals surface area contributed by atoms with Crippen LogP contribution in [0.15, 0.2) is 89.0 Å². The second-order valence-electron chi connectivity index (χ2n) is 9.16. The smallest absolute Gasteiger partial charge is 0.301 e. The highest BCUT2D eigenvalue weighted by Gasteiger charge is 2.48. The van der Waals surface area contributed by atoms with E-state index < -0.39 is 17.7 Å². The average molecular weight is 573 g/mol. The molecule has 10 heteroatoms. The summed E-state index contributed by atoms with van der Waals surface area (Å²) in [6, 6.07) is 19.5. The zero-order valence-corrected chi connectivity index (χ0v) is 23.5. The van der Waals surface area contributed by atoms with Gasteiger partial charge in [0, 0.05) is 23.7 Å². The van der Waals surface area contributed by atoms with Gasteiger partial charge in [-0.2, -0.15) is 0 Å². The van der Waals surface area contributed by atoms with E-state index in [1.165, 1.54) is 40.4 Å². The summed E-state index contributed by atoms with van der Waals surface area (Å²) < 4.78 is 6.63. The van der Waals surface area contributed by atoms with Crippen LogP contribution in [0.3, 0.4) is 0 Å². The Bertz CT molecular complexity index is 1510. The Balaban J connectivity index is 1.51. The number of amides is 1. The first-order chi connectivity index (χ1) is 19.6. The molecule has 0 saturated carbocycles. The molecule has 8 nitrogen and oxygen atoms in total. The predicted octanol–water partition coefficient (Wildman–Crippen LogP) is 6.42. The van der Waals surface area contributed by atoms with Crippen molar-refractivity contribution in [2.24, 2.45) is 0 Å². The molecule has 3 heterocycles. The molecule has 1 fully saturated rings. The minimum atomic E-state index is -0.910. The minimum absolute atomic E-state index is 0.0204. The van der Waals surface area contributed by atoms with Crippen molar-refractivity contribution in [1.82, 2.24) is 15.2 Å². The predicted molar refractivity (Wildman–Crippen MR) is 156 cm³/mol. The number of ether oxygens (including phenoxy) is 1. The zero-order chi connectivity index (χ0) is 27.9. The number of aliphatic hydroxyl groups excluding tert-OH is 1. The molecule has 1 aliphatic rings. The lowest BCUT2D eigenvalue weighted by molar-refractivity contribution is -0.132. The number of carbonyl (C=O) groups is 2. The molecular weight excluding hydrogens is 544 g/mol. The van der Waals surface area contributed by atoms with Gasteiger partial charge in [0.25, 0.3) is 5.78 Å². The molecule has 0 bridgehead atoms. The Kier molecular flexibility index (Phi) is 8.87. The standard InChI is InChI=1S/C30H28N4O4S2/c1-2-3-7-17-38-23-12-8-11-22(18-23)25-24(26(35)21-13-15-31-16-14-21)27(36)28(37)34(25)29-32-33-30(40-29)39-19-20-9-5-4-6-10-20/h4-6,8-16,18,25,35H,2-3,7,17,19H2,1H3. The number of nitrogens with zero attached hydrogens (tertiary/aromatic N) is 4. The summed E-state index contributed by atoms with van der Waals surface area (Å²) in [6.07, 6.45) is 6.11. The minimum Gasteiger partial charge on any atom is -0.507 e. The summed E-state index contributed by atoms with van der Waals surface area (Å²) in [6.45, 7) is 2.69. The molecule has 1 saturated heterocycles. The van der Waals surface area contributed by atoms with Crippen LogP contribution in [0.1, 0.15) is 48.9 Å². The lowest BCUT2D eigenvalue weighted by Crippen LogP contribution is -2.29. The number of pyridine rings is 1. The molecule has 1 amide bonds. The van der Waals surface area contributed by atoms with Crippen molar-refractivity contribution in [3.8, 4) is 5.75 Å². The van der Waals surface area contributed by atoms with Gasteiger partial charge < -0.3 is 9.84 Å². The lowest BCUT2D eigenvalue weighted by atomic mass is 9.95. The van der Waals surface area contributed by atoms with Crippen molar-refractivity contribution >= 4 is 45.7 Å². The fourth-order valence-electron chi connectivity index (χ4n) is 4.40. The van der Waals surface area contributed by atoms with E-state index in [0.29, 0.717) is 33.6 Å². The number of carbonyl (C=O) groups excluding carboxylic acids is 2. The highest BCUT2D eigenvalue weighted by atomic mass is 32.2. The van der Waals surface area contributed by atoms with E-state index in [1.54, 1.807) is 18.2 Å². The number of Topliss-reactive ketones (excluding diaryl/α,β-unsaturated/α-hetero) is 1. The molecule has 1 atom stereocenters. The number of hydrogen-bond donors (Lipinski definition) is 1. The topological polar surface area (TPSA) is 106 Å². The maximum atomic E-state index is 13.5. The van der Waals surface area contributed by atoms with Gasteiger partial charge in [0.05, 0.1) is 18.2 Å². The van der Waals surface area contributed by atoms with Crippen LogP contribution in [0.25, 0.3) is 5.76 Å². The summed E-state index contributed by atoms with van der Waals surface area (Å²) in [4.78, 5) is 32.2. The van der Waals surface area contributed by atoms with Gasteiger partial charge in [-0.15, -0.1) is 10.2 Å². The fourth-order valence-corrected chi connectivity index (χ4v) is 6.23. The number of benzene rings is 2. The first-order valence-electron chi connectivity index (χ1n) is 13.0. The molecule has 1 aliphatic heterocycles. The molecule has 204 valence electrons. The molecule has 40 heavy (non-hydrogen) atoms. The van der Waals surface area contributed by atoms with Crippen LogP contribution in [0, 0.1) is 0 Å². The van der Waals surface area contributed by atoms with Crippen LogP contribution in [0.2, 0.25) is 0 Å². The van der Waals surface area contributed by atoms with Crippen molar-refractivity contribution in [2.75, 3.05) is 11.5 Å². The van der Waals surface area contributed by atoms with E-state index in [4.69, 9.17) is 4.74 Å². The number of hydrogen-bond acceptors (Lipinski definition) is 9. The molecule has 1 unspecified atom stereocenters. The summed E-state index contributed by atoms with van der Waals surface area (Å²) in [5.41, 5.74) is 2.13. The first-order valence-corrected chi connectivity index (χ1v) is 14.8. The monoisotopic (exact) mass is 572 g/mol. The van der Waals surface area contributed by atoms with E-state index >= 15 is 0 Å². The molecule has 5 rings (SSSR count). The maximum Gasteiger partial charge on any atom is 0.301 e.